The Kier molecular flexibility index (Phi) is 4.10. The molecule has 1 aliphatic rings. The van der Waals surface area contributed by atoms with E-state index >= 15 is 0 Å². The summed E-state index contributed by atoms with van der Waals surface area (Å²) in [6, 6.07) is 7.80. The fraction of sp³-hybridized carbons (Fsp3) is 0.462. The van der Waals surface area contributed by atoms with Gasteiger partial charge in [0.05, 0.1) is 0 Å². The third kappa shape index (κ3) is 2.76. The molecule has 1 aromatic carbocycles. The van der Waals surface area contributed by atoms with Gasteiger partial charge >= 0.3 is 0 Å². The molecule has 5 heteroatoms. The summed E-state index contributed by atoms with van der Waals surface area (Å²) >= 11 is 11.3. The maximum atomic E-state index is 5.91. The highest BCUT2D eigenvalue weighted by molar-refractivity contribution is 7.80. The molecule has 0 aromatic heterocycles. The Labute approximate surface area is 118 Å². The van der Waals surface area contributed by atoms with Crippen molar-refractivity contribution in [2.75, 3.05) is 6.54 Å². The van der Waals surface area contributed by atoms with Gasteiger partial charge < -0.3 is 5.32 Å². The van der Waals surface area contributed by atoms with Crippen molar-refractivity contribution in [1.82, 2.24) is 15.8 Å². The molecule has 98 valence electrons. The van der Waals surface area contributed by atoms with Gasteiger partial charge in [-0.1, -0.05) is 37.1 Å². The number of halogens is 1. The topological polar surface area (TPSA) is 27.3 Å². The lowest BCUT2D eigenvalue weighted by molar-refractivity contribution is 0.233. The number of rotatable bonds is 4. The maximum Gasteiger partial charge on any atom is 0.185 e. The number of thiocarbonyl (C=S) groups is 1. The van der Waals surface area contributed by atoms with E-state index in [1.807, 2.05) is 29.3 Å². The number of hydrogen-bond acceptors (Lipinski definition) is 2. The van der Waals surface area contributed by atoms with Crippen LogP contribution in [-0.4, -0.2) is 16.7 Å². The first kappa shape index (κ1) is 13.6. The van der Waals surface area contributed by atoms with Gasteiger partial charge in [0, 0.05) is 11.6 Å². The molecule has 0 aliphatic carbocycles. The van der Waals surface area contributed by atoms with Crippen molar-refractivity contribution in [2.45, 2.75) is 32.4 Å². The quantitative estimate of drug-likeness (QED) is 0.831. The van der Waals surface area contributed by atoms with Crippen molar-refractivity contribution in [2.24, 2.45) is 0 Å². The minimum atomic E-state index is -0.352. The molecular weight excluding hydrogens is 266 g/mol. The lowest BCUT2D eigenvalue weighted by atomic mass is 10.0. The van der Waals surface area contributed by atoms with Gasteiger partial charge in [-0.05, 0) is 43.3 Å². The zero-order chi connectivity index (χ0) is 13.2. The van der Waals surface area contributed by atoms with Gasteiger partial charge in [0.15, 0.2) is 5.11 Å². The first-order valence-corrected chi connectivity index (χ1v) is 6.97. The number of nitrogens with one attached hydrogen (secondary N) is 2. The molecule has 1 fully saturated rings. The molecule has 1 aliphatic heterocycles. The van der Waals surface area contributed by atoms with Crippen molar-refractivity contribution in [3.8, 4) is 0 Å². The van der Waals surface area contributed by atoms with E-state index in [1.54, 1.807) is 0 Å². The van der Waals surface area contributed by atoms with Crippen LogP contribution in [0.2, 0.25) is 5.02 Å². The molecular formula is C13H18ClN3S. The highest BCUT2D eigenvalue weighted by Gasteiger charge is 2.36. The summed E-state index contributed by atoms with van der Waals surface area (Å²) < 4.78 is 0. The van der Waals surface area contributed by atoms with Gasteiger partial charge in [0.25, 0.3) is 0 Å². The molecule has 1 unspecified atom stereocenters. The van der Waals surface area contributed by atoms with Crippen molar-refractivity contribution < 1.29 is 0 Å². The molecule has 1 atom stereocenters. The van der Waals surface area contributed by atoms with Crippen LogP contribution in [0.3, 0.4) is 0 Å². The summed E-state index contributed by atoms with van der Waals surface area (Å²) in [6.45, 7) is 5.17. The standard InChI is InChI=1S/C13H18ClN3S/c1-3-4-9-17-12(18)15-13(2,16-17)10-5-7-11(14)8-6-10/h5-8,16H,3-4,9H2,1-2H3,(H,15,18). The molecule has 0 bridgehead atoms. The van der Waals surface area contributed by atoms with E-state index in [2.05, 4.69) is 24.6 Å². The SMILES string of the molecule is CCCCN1NC(C)(c2ccc(Cl)cc2)NC1=S. The Balaban J connectivity index is 2.13. The fourth-order valence-corrected chi connectivity index (χ4v) is 2.49. The number of unbranched alkanes of at least 4 members (excludes halogenated alkanes) is 1. The summed E-state index contributed by atoms with van der Waals surface area (Å²) in [7, 11) is 0. The maximum absolute atomic E-state index is 5.91. The predicted molar refractivity (Wildman–Crippen MR) is 79.3 cm³/mol. The van der Waals surface area contributed by atoms with Gasteiger partial charge in [-0.15, -0.1) is 0 Å². The zero-order valence-electron chi connectivity index (χ0n) is 10.7. The van der Waals surface area contributed by atoms with Gasteiger partial charge in [-0.2, -0.15) is 0 Å². The van der Waals surface area contributed by atoms with Gasteiger partial charge in [0.1, 0.15) is 5.66 Å². The molecule has 1 heterocycles. The third-order valence-electron chi connectivity index (χ3n) is 3.12. The second kappa shape index (κ2) is 5.43. The molecule has 3 nitrogen and oxygen atoms in total. The first-order chi connectivity index (χ1) is 8.55. The Morgan fingerprint density at radius 1 is 1.33 bits per heavy atom. The minimum Gasteiger partial charge on any atom is -0.338 e. The average Bonchev–Trinajstić information content (AvgIpc) is 2.63. The smallest absolute Gasteiger partial charge is 0.185 e. The number of hydrogen-bond donors (Lipinski definition) is 2. The van der Waals surface area contributed by atoms with Crippen LogP contribution < -0.4 is 10.7 Å². The van der Waals surface area contributed by atoms with Crippen LogP contribution in [0, 0.1) is 0 Å². The van der Waals surface area contributed by atoms with E-state index in [4.69, 9.17) is 23.8 Å². The van der Waals surface area contributed by atoms with Crippen LogP contribution in [0.15, 0.2) is 24.3 Å². The number of benzene rings is 1. The van der Waals surface area contributed by atoms with Gasteiger partial charge in [0.2, 0.25) is 0 Å². The Morgan fingerprint density at radius 2 is 2.00 bits per heavy atom. The molecule has 0 spiro atoms. The van der Waals surface area contributed by atoms with Gasteiger partial charge in [-0.25, -0.2) is 5.43 Å². The highest BCUT2D eigenvalue weighted by atomic mass is 35.5. The summed E-state index contributed by atoms with van der Waals surface area (Å²) in [4.78, 5) is 0. The first-order valence-electron chi connectivity index (χ1n) is 6.19. The molecule has 0 amide bonds. The average molecular weight is 284 g/mol. The van der Waals surface area contributed by atoms with E-state index in [0.29, 0.717) is 0 Å². The van der Waals surface area contributed by atoms with Crippen molar-refractivity contribution >= 4 is 28.9 Å². The monoisotopic (exact) mass is 283 g/mol. The van der Waals surface area contributed by atoms with Crippen molar-refractivity contribution in [1.29, 1.82) is 0 Å². The Hall–Kier alpha value is -0.840. The van der Waals surface area contributed by atoms with Gasteiger partial charge in [-0.3, -0.25) is 5.01 Å². The molecule has 1 saturated heterocycles. The highest BCUT2D eigenvalue weighted by Crippen LogP contribution is 2.24. The normalized spacial score (nSPS) is 23.3. The van der Waals surface area contributed by atoms with Crippen LogP contribution in [0.25, 0.3) is 0 Å². The van der Waals surface area contributed by atoms with E-state index < -0.39 is 0 Å². The van der Waals surface area contributed by atoms with E-state index in [1.165, 1.54) is 0 Å². The summed E-state index contributed by atoms with van der Waals surface area (Å²) in [5, 5.41) is 6.83. The molecule has 1 aromatic rings. The number of nitrogens with zero attached hydrogens (tertiary/aromatic N) is 1. The van der Waals surface area contributed by atoms with E-state index in [9.17, 15) is 0 Å². The number of hydrazine groups is 1. The Morgan fingerprint density at radius 3 is 2.61 bits per heavy atom. The van der Waals surface area contributed by atoms with Crippen LogP contribution in [0.1, 0.15) is 32.3 Å². The molecule has 0 saturated carbocycles. The van der Waals surface area contributed by atoms with Crippen LogP contribution in [0.4, 0.5) is 0 Å². The third-order valence-corrected chi connectivity index (χ3v) is 3.69. The summed E-state index contributed by atoms with van der Waals surface area (Å²) in [6.07, 6.45) is 2.27. The van der Waals surface area contributed by atoms with Crippen molar-refractivity contribution in [3.05, 3.63) is 34.9 Å². The Bertz CT molecular complexity index is 434. The van der Waals surface area contributed by atoms with E-state index in [0.717, 1.165) is 35.1 Å². The second-order valence-corrected chi connectivity index (χ2v) is 5.50. The fourth-order valence-electron chi connectivity index (χ4n) is 2.02. The van der Waals surface area contributed by atoms with Crippen LogP contribution in [0.5, 0.6) is 0 Å². The predicted octanol–water partition coefficient (Wildman–Crippen LogP) is 3.01. The second-order valence-electron chi connectivity index (χ2n) is 4.68. The lowest BCUT2D eigenvalue weighted by Crippen LogP contribution is -2.45. The molecule has 2 N–H and O–H groups in total. The zero-order valence-corrected chi connectivity index (χ0v) is 12.2. The van der Waals surface area contributed by atoms with Crippen LogP contribution >= 0.6 is 23.8 Å². The molecule has 18 heavy (non-hydrogen) atoms. The summed E-state index contributed by atoms with van der Waals surface area (Å²) in [5.41, 5.74) is 4.19. The minimum absolute atomic E-state index is 0.352. The van der Waals surface area contributed by atoms with Crippen molar-refractivity contribution in [3.63, 3.8) is 0 Å². The molecule has 0 radical (unpaired) electrons. The lowest BCUT2D eigenvalue weighted by Gasteiger charge is -2.26. The van der Waals surface area contributed by atoms with Crippen LogP contribution in [-0.2, 0) is 5.66 Å². The summed E-state index contributed by atoms with van der Waals surface area (Å²) in [5.74, 6) is 0. The van der Waals surface area contributed by atoms with E-state index in [-0.39, 0.29) is 5.66 Å². The largest absolute Gasteiger partial charge is 0.338 e. The molecule has 2 rings (SSSR count).